The van der Waals surface area contributed by atoms with Crippen LogP contribution in [0, 0.1) is 0 Å². The third kappa shape index (κ3) is 5.68. The minimum absolute atomic E-state index is 0. The van der Waals surface area contributed by atoms with Gasteiger partial charge in [0, 0.05) is 23.6 Å². The average Bonchev–Trinajstić information content (AvgIpc) is 2.87. The van der Waals surface area contributed by atoms with Gasteiger partial charge < -0.3 is 36.3 Å². The molecule has 8 N–H and O–H groups in total. The van der Waals surface area contributed by atoms with Crippen molar-refractivity contribution in [2.75, 3.05) is 13.1 Å². The Morgan fingerprint density at radius 3 is 2.68 bits per heavy atom. The average molecular weight is 347 g/mol. The molecule has 0 unspecified atom stereocenters. The molecule has 0 bridgehead atoms. The number of amides is 1. The summed E-state index contributed by atoms with van der Waals surface area (Å²) in [4.78, 5) is 12.0. The van der Waals surface area contributed by atoms with Crippen LogP contribution in [-0.4, -0.2) is 25.0 Å². The Hall–Kier alpha value is -0.950. The number of benzene rings is 1. The van der Waals surface area contributed by atoms with E-state index in [4.69, 9.17) is 11.5 Å². The van der Waals surface area contributed by atoms with Gasteiger partial charge in [-0.1, -0.05) is 12.1 Å². The fraction of sp³-hybridized carbons (Fsp3) is 0.400. The molecule has 1 aliphatic rings. The van der Waals surface area contributed by atoms with Crippen LogP contribution in [0.4, 0.5) is 5.69 Å². The first-order valence-electron chi connectivity index (χ1n) is 7.18. The van der Waals surface area contributed by atoms with E-state index in [-0.39, 0.29) is 30.7 Å². The summed E-state index contributed by atoms with van der Waals surface area (Å²) >= 11 is 0. The van der Waals surface area contributed by atoms with E-state index in [9.17, 15) is 4.79 Å². The molecule has 1 aromatic rings. The molecule has 0 saturated heterocycles. The van der Waals surface area contributed by atoms with E-state index in [2.05, 4.69) is 23.6 Å². The first-order valence-corrected chi connectivity index (χ1v) is 7.18. The zero-order chi connectivity index (χ0) is 14.4. The molecule has 124 valence electrons. The lowest BCUT2D eigenvalue weighted by atomic mass is 10.00. The lowest BCUT2D eigenvalue weighted by molar-refractivity contribution is -0.570. The molecule has 1 heterocycles. The van der Waals surface area contributed by atoms with Crippen molar-refractivity contribution < 1.29 is 40.2 Å². The van der Waals surface area contributed by atoms with Crippen LogP contribution >= 0.6 is 0 Å². The highest BCUT2D eigenvalue weighted by atomic mass is 35.5. The smallest absolute Gasteiger partial charge is 0.327 e. The molecule has 2 rings (SSSR count). The number of unbranched alkanes of at least 4 members (excludes halogenated alkanes) is 1. The number of halogens is 2. The highest BCUT2D eigenvalue weighted by Gasteiger charge is 2.24. The largest absolute Gasteiger partial charge is 1.00 e. The maximum Gasteiger partial charge on any atom is 0.327 e. The van der Waals surface area contributed by atoms with Gasteiger partial charge in [-0.15, -0.1) is 0 Å². The molecule has 1 aliphatic heterocycles. The van der Waals surface area contributed by atoms with Gasteiger partial charge in [0.2, 0.25) is 0 Å². The topological polar surface area (TPSA) is 102 Å². The summed E-state index contributed by atoms with van der Waals surface area (Å²) in [6.45, 7) is 1.44. The number of nitrogens with two attached hydrogens (primary N) is 4. The zero-order valence-corrected chi connectivity index (χ0v) is 14.0. The predicted octanol–water partition coefficient (Wildman–Crippen LogP) is -7.21. The predicted molar refractivity (Wildman–Crippen MR) is 78.7 cm³/mol. The van der Waals surface area contributed by atoms with Crippen molar-refractivity contribution >= 4 is 17.2 Å². The van der Waals surface area contributed by atoms with Crippen molar-refractivity contribution in [3.63, 3.8) is 0 Å². The maximum absolute atomic E-state index is 12.0. The van der Waals surface area contributed by atoms with Gasteiger partial charge in [-0.25, -0.2) is 4.79 Å². The Bertz CT molecular complexity index is 508. The van der Waals surface area contributed by atoms with Crippen molar-refractivity contribution in [1.29, 1.82) is 0 Å². The zero-order valence-electron chi connectivity index (χ0n) is 12.5. The van der Waals surface area contributed by atoms with E-state index in [1.807, 2.05) is 12.1 Å². The van der Waals surface area contributed by atoms with Gasteiger partial charge in [0.15, 0.2) is 0 Å². The number of quaternary nitrogens is 2. The number of carbonyl (C=O) groups excluding carboxylic acids is 1. The van der Waals surface area contributed by atoms with Crippen molar-refractivity contribution in [2.45, 2.75) is 25.3 Å². The molecule has 0 radical (unpaired) electrons. The Labute approximate surface area is 143 Å². The minimum Gasteiger partial charge on any atom is -1.00 e. The molecule has 1 atom stereocenters. The van der Waals surface area contributed by atoms with Gasteiger partial charge in [-0.2, -0.15) is 0 Å². The first kappa shape index (κ1) is 21.0. The van der Waals surface area contributed by atoms with Crippen LogP contribution in [0.15, 0.2) is 30.5 Å². The van der Waals surface area contributed by atoms with E-state index in [0.29, 0.717) is 13.0 Å². The van der Waals surface area contributed by atoms with E-state index in [0.717, 1.165) is 25.0 Å². The van der Waals surface area contributed by atoms with Gasteiger partial charge in [0.1, 0.15) is 17.9 Å². The van der Waals surface area contributed by atoms with Crippen molar-refractivity contribution in [3.8, 4) is 0 Å². The number of carbonyl (C=O) groups is 1. The van der Waals surface area contributed by atoms with Crippen LogP contribution in [-0.2, 0) is 4.79 Å². The van der Waals surface area contributed by atoms with Crippen LogP contribution < -0.4 is 46.9 Å². The summed E-state index contributed by atoms with van der Waals surface area (Å²) in [5.74, 6) is 0.0345. The van der Waals surface area contributed by atoms with Crippen LogP contribution in [0.5, 0.6) is 0 Å². The Kier molecular flexibility index (Phi) is 10.3. The Morgan fingerprint density at radius 2 is 1.95 bits per heavy atom. The monoisotopic (exact) mass is 346 g/mol. The fourth-order valence-corrected chi connectivity index (χ4v) is 2.41. The van der Waals surface area contributed by atoms with E-state index >= 15 is 0 Å². The number of para-hydroxylation sites is 1. The second-order valence-electron chi connectivity index (χ2n) is 5.15. The number of primary amides is 1. The van der Waals surface area contributed by atoms with Crippen LogP contribution in [0.25, 0.3) is 5.57 Å². The normalized spacial score (nSPS) is 13.5. The van der Waals surface area contributed by atoms with Gasteiger partial charge >= 0.3 is 5.91 Å². The molecular formula is C15H24Cl2N4O. The second-order valence-corrected chi connectivity index (χ2v) is 5.15. The summed E-state index contributed by atoms with van der Waals surface area (Å²) in [5.41, 5.74) is 15.0. The molecule has 0 fully saturated rings. The molecule has 5 nitrogen and oxygen atoms in total. The Morgan fingerprint density at radius 1 is 1.23 bits per heavy atom. The van der Waals surface area contributed by atoms with Crippen LogP contribution in [0.2, 0.25) is 0 Å². The fourth-order valence-electron chi connectivity index (χ4n) is 2.41. The summed E-state index contributed by atoms with van der Waals surface area (Å²) in [5, 5.41) is 3.79. The number of hydrogen-bond donors (Lipinski definition) is 4. The third-order valence-electron chi connectivity index (χ3n) is 3.58. The minimum atomic E-state index is -0.446. The number of fused-ring (bicyclic) bond motifs is 1. The molecule has 7 heteroatoms. The molecule has 22 heavy (non-hydrogen) atoms. The van der Waals surface area contributed by atoms with Gasteiger partial charge in [0.05, 0.1) is 6.54 Å². The van der Waals surface area contributed by atoms with E-state index in [1.165, 1.54) is 11.3 Å². The van der Waals surface area contributed by atoms with Crippen molar-refractivity contribution in [2.24, 2.45) is 11.5 Å². The maximum atomic E-state index is 12.0. The second kappa shape index (κ2) is 10.7. The number of rotatable bonds is 7. The van der Waals surface area contributed by atoms with Gasteiger partial charge in [-0.3, -0.25) is 10.6 Å². The number of hydrogen-bond acceptors (Lipinski definition) is 3. The quantitative estimate of drug-likeness (QED) is 0.291. The van der Waals surface area contributed by atoms with Crippen LogP contribution in [0.3, 0.4) is 0 Å². The van der Waals surface area contributed by atoms with Crippen molar-refractivity contribution in [1.82, 2.24) is 0 Å². The van der Waals surface area contributed by atoms with Crippen LogP contribution in [0.1, 0.15) is 24.8 Å². The lowest BCUT2D eigenvalue weighted by Crippen LogP contribution is -3.00. The molecule has 0 spiro atoms. The molecule has 0 saturated carbocycles. The Balaban J connectivity index is 0.00000220. The summed E-state index contributed by atoms with van der Waals surface area (Å²) in [6.07, 6.45) is 4.56. The van der Waals surface area contributed by atoms with Crippen molar-refractivity contribution in [3.05, 3.63) is 36.0 Å². The molecule has 0 aliphatic carbocycles. The molecule has 1 amide bonds. The van der Waals surface area contributed by atoms with Gasteiger partial charge in [-0.05, 0) is 25.5 Å². The molecule has 0 aromatic heterocycles. The first-order chi connectivity index (χ1) is 9.72. The highest BCUT2D eigenvalue weighted by molar-refractivity contribution is 5.80. The van der Waals surface area contributed by atoms with Gasteiger partial charge in [0.25, 0.3) is 0 Å². The standard InChI is InChI=1S/C15H22N4O.2ClH/c16-7-3-4-8-18-15(20)13(17)9-11-10-19-14-6-2-1-5-12(11)14;;/h1-2,5-6,10,13,19H,3-4,7-9,16-17H2,(H,18,20);2*1H/t13-;;/m1../s1. The summed E-state index contributed by atoms with van der Waals surface area (Å²) < 4.78 is 0. The van der Waals surface area contributed by atoms with E-state index in [1.54, 1.807) is 5.32 Å². The molecule has 1 aromatic carbocycles. The lowest BCUT2D eigenvalue weighted by Gasteiger charge is -2.08. The molecular weight excluding hydrogens is 323 g/mol. The third-order valence-corrected chi connectivity index (χ3v) is 3.58. The van der Waals surface area contributed by atoms with E-state index < -0.39 is 6.04 Å². The summed E-state index contributed by atoms with van der Waals surface area (Å²) in [6, 6.07) is 7.73. The summed E-state index contributed by atoms with van der Waals surface area (Å²) in [7, 11) is 0. The SMILES string of the molecule is NCCCC[NH2+]C(=O)[C@H](N)CC1=C[NH2+]c2ccccc21.[Cl-].[Cl-]. The highest BCUT2D eigenvalue weighted by Crippen LogP contribution is 2.26.